The lowest BCUT2D eigenvalue weighted by atomic mass is 9.98. The van der Waals surface area contributed by atoms with Gasteiger partial charge in [0.1, 0.15) is 6.61 Å². The molecule has 32 heavy (non-hydrogen) atoms. The molecule has 0 unspecified atom stereocenters. The summed E-state index contributed by atoms with van der Waals surface area (Å²) in [5.41, 5.74) is 4.70. The van der Waals surface area contributed by atoms with E-state index < -0.39 is 11.0 Å². The highest BCUT2D eigenvalue weighted by Gasteiger charge is 2.28. The van der Waals surface area contributed by atoms with Crippen LogP contribution in [0.2, 0.25) is 10.0 Å². The molecule has 6 nitrogen and oxygen atoms in total. The van der Waals surface area contributed by atoms with Crippen molar-refractivity contribution in [3.63, 3.8) is 0 Å². The minimum Gasteiger partial charge on any atom is -0.449 e. The van der Waals surface area contributed by atoms with Gasteiger partial charge in [-0.15, -0.1) is 0 Å². The van der Waals surface area contributed by atoms with Gasteiger partial charge in [0.05, 0.1) is 20.5 Å². The highest BCUT2D eigenvalue weighted by Crippen LogP contribution is 2.44. The van der Waals surface area contributed by atoms with Crippen LogP contribution in [0.5, 0.6) is 0 Å². The van der Waals surface area contributed by atoms with Crippen LogP contribution in [-0.4, -0.2) is 24.2 Å². The second kappa shape index (κ2) is 9.42. The molecular weight excluding hydrogens is 451 g/mol. The number of ether oxygens (including phenoxy) is 1. The Morgan fingerprint density at radius 2 is 1.62 bits per heavy atom. The molecule has 1 aliphatic rings. The van der Waals surface area contributed by atoms with Crippen LogP contribution in [0, 0.1) is 10.1 Å². The summed E-state index contributed by atoms with van der Waals surface area (Å²) in [4.78, 5) is 22.8. The second-order valence-corrected chi connectivity index (χ2v) is 8.01. The maximum absolute atomic E-state index is 12.2. The van der Waals surface area contributed by atoms with Gasteiger partial charge in [-0.3, -0.25) is 10.1 Å². The monoisotopic (exact) mass is 468 g/mol. The molecule has 0 spiro atoms. The number of hydrogen-bond acceptors (Lipinski definition) is 4. The number of nitro benzene ring substituents is 1. The Bertz CT molecular complexity index is 1180. The molecule has 1 amide bonds. The topological polar surface area (TPSA) is 81.5 Å². The lowest BCUT2D eigenvalue weighted by molar-refractivity contribution is -0.385. The van der Waals surface area contributed by atoms with Crippen LogP contribution in [0.4, 0.5) is 10.5 Å². The number of fused-ring (bicyclic) bond motifs is 3. The van der Waals surface area contributed by atoms with Crippen molar-refractivity contribution in [1.82, 2.24) is 5.32 Å². The highest BCUT2D eigenvalue weighted by atomic mass is 35.5. The smallest absolute Gasteiger partial charge is 0.407 e. The van der Waals surface area contributed by atoms with E-state index >= 15 is 0 Å². The molecule has 1 N–H and O–H groups in total. The fraction of sp³-hybridized carbons (Fsp3) is 0.125. The summed E-state index contributed by atoms with van der Waals surface area (Å²) >= 11 is 11.8. The number of alkyl carbamates (subject to hydrolysis) is 1. The Balaban J connectivity index is 1.36. The molecule has 0 saturated carbocycles. The van der Waals surface area contributed by atoms with Crippen LogP contribution in [0.25, 0.3) is 17.2 Å². The zero-order valence-electron chi connectivity index (χ0n) is 16.8. The number of nitro groups is 1. The number of amides is 1. The Morgan fingerprint density at radius 3 is 2.25 bits per heavy atom. The number of nitrogens with zero attached hydrogens (tertiary/aromatic N) is 1. The molecule has 162 valence electrons. The van der Waals surface area contributed by atoms with E-state index in [0.29, 0.717) is 5.56 Å². The quantitative estimate of drug-likeness (QED) is 0.332. The molecular formula is C24H18Cl2N2O4. The van der Waals surface area contributed by atoms with E-state index in [1.807, 2.05) is 36.4 Å². The SMILES string of the molecule is O=C(NCC=Cc1cc(Cl)c(Cl)cc1[N+](=O)[O-])OCC1c2ccccc2-c2ccccc21. The van der Waals surface area contributed by atoms with E-state index in [4.69, 9.17) is 27.9 Å². The molecule has 0 bridgehead atoms. The van der Waals surface area contributed by atoms with E-state index in [9.17, 15) is 14.9 Å². The number of carbonyl (C=O) groups is 1. The minimum atomic E-state index is -0.569. The van der Waals surface area contributed by atoms with Crippen LogP contribution in [0.15, 0.2) is 66.7 Å². The van der Waals surface area contributed by atoms with Gasteiger partial charge >= 0.3 is 6.09 Å². The molecule has 0 aromatic heterocycles. The zero-order valence-corrected chi connectivity index (χ0v) is 18.3. The molecule has 0 aliphatic heterocycles. The van der Waals surface area contributed by atoms with E-state index in [1.165, 1.54) is 18.2 Å². The molecule has 1 aliphatic carbocycles. The first-order valence-corrected chi connectivity index (χ1v) is 10.6. The largest absolute Gasteiger partial charge is 0.449 e. The first-order chi connectivity index (χ1) is 15.5. The van der Waals surface area contributed by atoms with Crippen molar-refractivity contribution in [1.29, 1.82) is 0 Å². The van der Waals surface area contributed by atoms with Gasteiger partial charge < -0.3 is 10.1 Å². The standard InChI is InChI=1S/C24H18Cl2N2O4/c25-21-12-15(23(28(30)31)13-22(21)26)6-5-11-27-24(29)32-14-20-18-9-3-1-7-16(18)17-8-2-4-10-19(17)20/h1-10,12-13,20H,11,14H2,(H,27,29). The van der Waals surface area contributed by atoms with Gasteiger partial charge in [-0.2, -0.15) is 0 Å². The Kier molecular flexibility index (Phi) is 6.44. The number of hydrogen-bond donors (Lipinski definition) is 1. The van der Waals surface area contributed by atoms with E-state index in [2.05, 4.69) is 17.4 Å². The molecule has 0 atom stereocenters. The van der Waals surface area contributed by atoms with Crippen molar-refractivity contribution in [2.24, 2.45) is 0 Å². The second-order valence-electron chi connectivity index (χ2n) is 7.19. The van der Waals surface area contributed by atoms with Crippen molar-refractivity contribution in [2.45, 2.75) is 5.92 Å². The molecule has 3 aromatic rings. The predicted octanol–water partition coefficient (Wildman–Crippen LogP) is 6.45. The molecule has 0 fully saturated rings. The number of halogens is 2. The van der Waals surface area contributed by atoms with E-state index in [0.717, 1.165) is 22.3 Å². The summed E-state index contributed by atoms with van der Waals surface area (Å²) in [5, 5.41) is 14.1. The van der Waals surface area contributed by atoms with Crippen LogP contribution in [0.1, 0.15) is 22.6 Å². The Morgan fingerprint density at radius 1 is 1.03 bits per heavy atom. The van der Waals surface area contributed by atoms with Crippen LogP contribution in [-0.2, 0) is 4.74 Å². The molecule has 0 heterocycles. The van der Waals surface area contributed by atoms with Crippen molar-refractivity contribution in [3.8, 4) is 11.1 Å². The average Bonchev–Trinajstić information content (AvgIpc) is 3.11. The third-order valence-electron chi connectivity index (χ3n) is 5.27. The first-order valence-electron chi connectivity index (χ1n) is 9.84. The molecule has 3 aromatic carbocycles. The number of benzene rings is 3. The third-order valence-corrected chi connectivity index (χ3v) is 5.99. The maximum atomic E-state index is 12.2. The lowest BCUT2D eigenvalue weighted by Gasteiger charge is -2.14. The van der Waals surface area contributed by atoms with Crippen molar-refractivity contribution < 1.29 is 14.5 Å². The Labute approximate surface area is 194 Å². The van der Waals surface area contributed by atoms with Gasteiger partial charge in [-0.1, -0.05) is 83.9 Å². The number of nitrogens with one attached hydrogen (secondary N) is 1. The van der Waals surface area contributed by atoms with Gasteiger partial charge in [0, 0.05) is 18.5 Å². The molecule has 4 rings (SSSR count). The molecule has 0 radical (unpaired) electrons. The van der Waals surface area contributed by atoms with Crippen molar-refractivity contribution in [2.75, 3.05) is 13.2 Å². The normalized spacial score (nSPS) is 12.4. The summed E-state index contributed by atoms with van der Waals surface area (Å²) < 4.78 is 5.46. The fourth-order valence-corrected chi connectivity index (χ4v) is 4.15. The van der Waals surface area contributed by atoms with Gasteiger partial charge in [0.15, 0.2) is 0 Å². The van der Waals surface area contributed by atoms with Crippen LogP contribution in [0.3, 0.4) is 0 Å². The van der Waals surface area contributed by atoms with E-state index in [-0.39, 0.29) is 34.8 Å². The van der Waals surface area contributed by atoms with Gasteiger partial charge in [0.25, 0.3) is 5.69 Å². The highest BCUT2D eigenvalue weighted by molar-refractivity contribution is 6.42. The van der Waals surface area contributed by atoms with Crippen LogP contribution < -0.4 is 5.32 Å². The van der Waals surface area contributed by atoms with Gasteiger partial charge in [-0.05, 0) is 28.3 Å². The summed E-state index contributed by atoms with van der Waals surface area (Å²) in [6.45, 7) is 0.343. The lowest BCUT2D eigenvalue weighted by Crippen LogP contribution is -2.26. The molecule has 0 saturated heterocycles. The first kappa shape index (κ1) is 21.9. The summed E-state index contributed by atoms with van der Waals surface area (Å²) in [6.07, 6.45) is 2.51. The minimum absolute atomic E-state index is 0.0254. The molecule has 8 heteroatoms. The third kappa shape index (κ3) is 4.47. The van der Waals surface area contributed by atoms with Crippen LogP contribution >= 0.6 is 23.2 Å². The number of rotatable bonds is 6. The number of carbonyl (C=O) groups excluding carboxylic acids is 1. The predicted molar refractivity (Wildman–Crippen MR) is 125 cm³/mol. The Hall–Kier alpha value is -3.35. The van der Waals surface area contributed by atoms with Gasteiger partial charge in [0.2, 0.25) is 0 Å². The summed E-state index contributed by atoms with van der Waals surface area (Å²) in [6, 6.07) is 18.8. The van der Waals surface area contributed by atoms with Gasteiger partial charge in [-0.25, -0.2) is 4.79 Å². The summed E-state index contributed by atoms with van der Waals surface area (Å²) in [7, 11) is 0. The average molecular weight is 469 g/mol. The zero-order chi connectivity index (χ0) is 22.7. The fourth-order valence-electron chi connectivity index (χ4n) is 3.82. The maximum Gasteiger partial charge on any atom is 0.407 e. The van der Waals surface area contributed by atoms with Crippen molar-refractivity contribution >= 4 is 41.1 Å². The van der Waals surface area contributed by atoms with Crippen molar-refractivity contribution in [3.05, 3.63) is 104 Å². The van der Waals surface area contributed by atoms with E-state index in [1.54, 1.807) is 6.08 Å². The summed E-state index contributed by atoms with van der Waals surface area (Å²) in [5.74, 6) is -0.0254.